The highest BCUT2D eigenvalue weighted by molar-refractivity contribution is 9.10. The van der Waals surface area contributed by atoms with Gasteiger partial charge in [0, 0.05) is 0 Å². The predicted molar refractivity (Wildman–Crippen MR) is 86.1 cm³/mol. The van der Waals surface area contributed by atoms with E-state index in [0.29, 0.717) is 10.2 Å². The van der Waals surface area contributed by atoms with Crippen molar-refractivity contribution in [1.29, 1.82) is 0 Å². The standard InChI is InChI=1S/C16H13BrF3NO3/c1-10-6-7-13(11(17)8-10)23-9-15(22)21-12-4-2-3-5-14(12)24-16(18,19)20/h2-8H,9H2,1H3,(H,21,22). The van der Waals surface area contributed by atoms with E-state index in [1.54, 1.807) is 6.07 Å². The van der Waals surface area contributed by atoms with E-state index < -0.39 is 18.0 Å². The van der Waals surface area contributed by atoms with Crippen molar-refractivity contribution >= 4 is 27.5 Å². The van der Waals surface area contributed by atoms with Crippen molar-refractivity contribution in [2.24, 2.45) is 0 Å². The van der Waals surface area contributed by atoms with Crippen LogP contribution in [0.5, 0.6) is 11.5 Å². The molecule has 0 bridgehead atoms. The highest BCUT2D eigenvalue weighted by atomic mass is 79.9. The summed E-state index contributed by atoms with van der Waals surface area (Å²) in [5.41, 5.74) is 0.920. The lowest BCUT2D eigenvalue weighted by Gasteiger charge is -2.14. The van der Waals surface area contributed by atoms with Crippen LogP contribution in [-0.2, 0) is 4.79 Å². The average molecular weight is 404 g/mol. The van der Waals surface area contributed by atoms with Crippen molar-refractivity contribution in [3.63, 3.8) is 0 Å². The minimum absolute atomic E-state index is 0.0913. The minimum Gasteiger partial charge on any atom is -0.483 e. The van der Waals surface area contributed by atoms with Crippen LogP contribution < -0.4 is 14.8 Å². The van der Waals surface area contributed by atoms with Crippen molar-refractivity contribution in [2.75, 3.05) is 11.9 Å². The van der Waals surface area contributed by atoms with E-state index in [-0.39, 0.29) is 12.3 Å². The molecule has 0 unspecified atom stereocenters. The Hall–Kier alpha value is -2.22. The van der Waals surface area contributed by atoms with Crippen LogP contribution in [0.25, 0.3) is 0 Å². The summed E-state index contributed by atoms with van der Waals surface area (Å²) in [5, 5.41) is 2.33. The van der Waals surface area contributed by atoms with Crippen LogP contribution in [-0.4, -0.2) is 18.9 Å². The van der Waals surface area contributed by atoms with Gasteiger partial charge in [-0.2, -0.15) is 0 Å². The molecule has 0 heterocycles. The maximum absolute atomic E-state index is 12.3. The van der Waals surface area contributed by atoms with Crippen molar-refractivity contribution in [3.05, 3.63) is 52.5 Å². The molecule has 0 aliphatic heterocycles. The molecule has 0 aliphatic carbocycles. The molecule has 0 atom stereocenters. The largest absolute Gasteiger partial charge is 0.573 e. The van der Waals surface area contributed by atoms with E-state index in [0.717, 1.165) is 11.6 Å². The van der Waals surface area contributed by atoms with Gasteiger partial charge in [0.25, 0.3) is 5.91 Å². The summed E-state index contributed by atoms with van der Waals surface area (Å²) in [5.74, 6) is -0.647. The highest BCUT2D eigenvalue weighted by Gasteiger charge is 2.32. The van der Waals surface area contributed by atoms with Crippen LogP contribution >= 0.6 is 15.9 Å². The van der Waals surface area contributed by atoms with Crippen LogP contribution in [0.4, 0.5) is 18.9 Å². The van der Waals surface area contributed by atoms with Crippen molar-refractivity contribution in [2.45, 2.75) is 13.3 Å². The zero-order valence-corrected chi connectivity index (χ0v) is 14.1. The van der Waals surface area contributed by atoms with Gasteiger partial charge < -0.3 is 14.8 Å². The molecule has 1 N–H and O–H groups in total. The molecular formula is C16H13BrF3NO3. The molecule has 0 saturated heterocycles. The fourth-order valence-corrected chi connectivity index (χ4v) is 2.44. The molecule has 0 aromatic heterocycles. The Kier molecular flexibility index (Phi) is 5.71. The summed E-state index contributed by atoms with van der Waals surface area (Å²) < 4.78 is 46.9. The zero-order valence-electron chi connectivity index (χ0n) is 12.5. The first-order valence-corrected chi connectivity index (χ1v) is 7.57. The number of anilines is 1. The quantitative estimate of drug-likeness (QED) is 0.788. The number of carbonyl (C=O) groups is 1. The SMILES string of the molecule is Cc1ccc(OCC(=O)Nc2ccccc2OC(F)(F)F)c(Br)c1. The van der Waals surface area contributed by atoms with E-state index >= 15 is 0 Å². The highest BCUT2D eigenvalue weighted by Crippen LogP contribution is 2.30. The second-order valence-corrected chi connectivity index (χ2v) is 5.67. The maximum atomic E-state index is 12.3. The zero-order chi connectivity index (χ0) is 17.7. The predicted octanol–water partition coefficient (Wildman–Crippen LogP) is 4.67. The Balaban J connectivity index is 2.00. The Bertz CT molecular complexity index is 735. The molecule has 128 valence electrons. The number of halogens is 4. The summed E-state index contributed by atoms with van der Waals surface area (Å²) in [6.45, 7) is 1.54. The Morgan fingerprint density at radius 1 is 1.17 bits per heavy atom. The molecule has 1 amide bonds. The fraction of sp³-hybridized carbons (Fsp3) is 0.188. The number of hydrogen-bond donors (Lipinski definition) is 1. The molecule has 0 saturated carbocycles. The van der Waals surface area contributed by atoms with Gasteiger partial charge in [0.05, 0.1) is 10.2 Å². The Morgan fingerprint density at radius 2 is 1.88 bits per heavy atom. The van der Waals surface area contributed by atoms with Gasteiger partial charge in [-0.3, -0.25) is 4.79 Å². The van der Waals surface area contributed by atoms with Gasteiger partial charge in [-0.05, 0) is 52.7 Å². The van der Waals surface area contributed by atoms with Gasteiger partial charge in [0.15, 0.2) is 12.4 Å². The van der Waals surface area contributed by atoms with Crippen LogP contribution in [0, 0.1) is 6.92 Å². The number of alkyl halides is 3. The number of amides is 1. The lowest BCUT2D eigenvalue weighted by Crippen LogP contribution is -2.22. The molecule has 4 nitrogen and oxygen atoms in total. The van der Waals surface area contributed by atoms with Gasteiger partial charge in [-0.15, -0.1) is 13.2 Å². The number of rotatable bonds is 5. The number of carbonyl (C=O) groups excluding carboxylic acids is 1. The number of benzene rings is 2. The van der Waals surface area contributed by atoms with Crippen LogP contribution in [0.1, 0.15) is 5.56 Å². The Labute approximate surface area is 144 Å². The maximum Gasteiger partial charge on any atom is 0.573 e. The molecular weight excluding hydrogens is 391 g/mol. The van der Waals surface area contributed by atoms with E-state index in [1.165, 1.54) is 18.2 Å². The van der Waals surface area contributed by atoms with E-state index in [2.05, 4.69) is 26.0 Å². The molecule has 2 aromatic rings. The molecule has 24 heavy (non-hydrogen) atoms. The van der Waals surface area contributed by atoms with E-state index in [1.807, 2.05) is 19.1 Å². The molecule has 0 spiro atoms. The molecule has 2 aromatic carbocycles. The first kappa shape index (κ1) is 18.1. The van der Waals surface area contributed by atoms with Crippen LogP contribution in [0.2, 0.25) is 0 Å². The average Bonchev–Trinajstić information content (AvgIpc) is 2.47. The second-order valence-electron chi connectivity index (χ2n) is 4.81. The molecule has 0 radical (unpaired) electrons. The monoisotopic (exact) mass is 403 g/mol. The summed E-state index contributed by atoms with van der Waals surface area (Å²) in [6.07, 6.45) is -4.84. The minimum atomic E-state index is -4.84. The topological polar surface area (TPSA) is 47.6 Å². The first-order valence-electron chi connectivity index (χ1n) is 6.78. The third kappa shape index (κ3) is 5.45. The second kappa shape index (κ2) is 7.57. The Morgan fingerprint density at radius 3 is 2.54 bits per heavy atom. The summed E-state index contributed by atoms with van der Waals surface area (Å²) in [4.78, 5) is 11.9. The molecule has 8 heteroatoms. The number of aryl methyl sites for hydroxylation is 1. The summed E-state index contributed by atoms with van der Waals surface area (Å²) in [6, 6.07) is 10.6. The fourth-order valence-electron chi connectivity index (χ4n) is 1.84. The lowest BCUT2D eigenvalue weighted by atomic mass is 10.2. The summed E-state index contributed by atoms with van der Waals surface area (Å²) in [7, 11) is 0. The van der Waals surface area contributed by atoms with Gasteiger partial charge in [-0.1, -0.05) is 18.2 Å². The van der Waals surface area contributed by atoms with Crippen molar-refractivity contribution in [1.82, 2.24) is 0 Å². The first-order chi connectivity index (χ1) is 11.2. The van der Waals surface area contributed by atoms with Crippen molar-refractivity contribution in [3.8, 4) is 11.5 Å². The smallest absolute Gasteiger partial charge is 0.483 e. The van der Waals surface area contributed by atoms with Crippen LogP contribution in [0.3, 0.4) is 0 Å². The molecule has 0 aliphatic rings. The third-order valence-electron chi connectivity index (χ3n) is 2.83. The third-order valence-corrected chi connectivity index (χ3v) is 3.45. The number of para-hydroxylation sites is 2. The van der Waals surface area contributed by atoms with Crippen molar-refractivity contribution < 1.29 is 27.4 Å². The lowest BCUT2D eigenvalue weighted by molar-refractivity contribution is -0.274. The molecule has 2 rings (SSSR count). The van der Waals surface area contributed by atoms with Gasteiger partial charge >= 0.3 is 6.36 Å². The number of hydrogen-bond acceptors (Lipinski definition) is 3. The molecule has 0 fully saturated rings. The summed E-state index contributed by atoms with van der Waals surface area (Å²) >= 11 is 3.31. The number of ether oxygens (including phenoxy) is 2. The van der Waals surface area contributed by atoms with E-state index in [4.69, 9.17) is 4.74 Å². The normalized spacial score (nSPS) is 11.0. The van der Waals surface area contributed by atoms with Gasteiger partial charge in [0.2, 0.25) is 0 Å². The van der Waals surface area contributed by atoms with Gasteiger partial charge in [0.1, 0.15) is 5.75 Å². The number of nitrogens with one attached hydrogen (secondary N) is 1. The van der Waals surface area contributed by atoms with E-state index in [9.17, 15) is 18.0 Å². The van der Waals surface area contributed by atoms with Gasteiger partial charge in [-0.25, -0.2) is 0 Å². The van der Waals surface area contributed by atoms with Crippen LogP contribution in [0.15, 0.2) is 46.9 Å².